The van der Waals surface area contributed by atoms with E-state index in [4.69, 9.17) is 0 Å². The van der Waals surface area contributed by atoms with Crippen LogP contribution in [0.3, 0.4) is 0 Å². The molecule has 4 nitrogen and oxygen atoms in total. The molecule has 4 heteroatoms. The summed E-state index contributed by atoms with van der Waals surface area (Å²) >= 11 is 0. The summed E-state index contributed by atoms with van der Waals surface area (Å²) in [6.07, 6.45) is 1.59. The first-order valence-electron chi connectivity index (χ1n) is 2.17. The molecule has 0 saturated carbocycles. The average molecular weight is 114 g/mol. The molecule has 0 heterocycles. The normalized spacial score (nSPS) is 9.25. The number of hydrogen-bond acceptors (Lipinski definition) is 3. The quantitative estimate of drug-likeness (QED) is 0.311. The van der Waals surface area contributed by atoms with Crippen LogP contribution in [-0.2, 0) is 0 Å². The predicted molar refractivity (Wildman–Crippen MR) is 34.9 cm³/mol. The number of nitrogens with one attached hydrogen (secondary N) is 1. The van der Waals surface area contributed by atoms with Crippen molar-refractivity contribution in [2.45, 2.75) is 0 Å². The molecule has 0 fully saturated rings. The Bertz CT molecular complexity index is 88.0. The van der Waals surface area contributed by atoms with Crippen molar-refractivity contribution >= 4 is 13.1 Å². The van der Waals surface area contributed by atoms with Gasteiger partial charge in [0.1, 0.15) is 6.34 Å². The molecule has 0 bridgehead atoms. The molecule has 8 heavy (non-hydrogen) atoms. The second-order valence-corrected chi connectivity index (χ2v) is 1.24. The maximum absolute atomic E-state index is 3.70. The molecular weight excluding hydrogens is 104 g/mol. The Hall–Kier alpha value is -1.06. The van der Waals surface area contributed by atoms with E-state index >= 15 is 0 Å². The number of rotatable bonds is 3. The van der Waals surface area contributed by atoms with E-state index in [9.17, 15) is 0 Å². The fourth-order valence-corrected chi connectivity index (χ4v) is 0.311. The molecule has 0 unspecified atom stereocenters. The van der Waals surface area contributed by atoms with Crippen LogP contribution in [-0.4, -0.2) is 32.2 Å². The van der Waals surface area contributed by atoms with Gasteiger partial charge in [-0.15, -0.1) is 0 Å². The maximum Gasteiger partial charge on any atom is 0.105 e. The number of hydrogen-bond donors (Lipinski definition) is 1. The van der Waals surface area contributed by atoms with Crippen LogP contribution in [0.25, 0.3) is 0 Å². The standard InChI is InChI=1S/C4H10N4/c1-5-4-8(3)7-6-2/h4,7H,2H2,1,3H3/b5-4-. The summed E-state index contributed by atoms with van der Waals surface area (Å²) in [5.41, 5.74) is 2.54. The van der Waals surface area contributed by atoms with Gasteiger partial charge in [-0.05, 0) is 0 Å². The SMILES string of the molecule is C=NNN(C)/C=N\C. The van der Waals surface area contributed by atoms with Gasteiger partial charge in [-0.2, -0.15) is 5.10 Å². The number of aliphatic imine (C=N–C) groups is 1. The highest BCUT2D eigenvalue weighted by atomic mass is 15.6. The number of hydrazine groups is 1. The van der Waals surface area contributed by atoms with E-state index in [0.717, 1.165) is 0 Å². The van der Waals surface area contributed by atoms with Gasteiger partial charge >= 0.3 is 0 Å². The predicted octanol–water partition coefficient (Wildman–Crippen LogP) is -0.304. The van der Waals surface area contributed by atoms with Gasteiger partial charge in [0.15, 0.2) is 0 Å². The van der Waals surface area contributed by atoms with Gasteiger partial charge in [0.2, 0.25) is 0 Å². The third-order valence-corrected chi connectivity index (χ3v) is 0.517. The summed E-state index contributed by atoms with van der Waals surface area (Å²) in [6, 6.07) is 0. The molecule has 0 radical (unpaired) electrons. The molecule has 0 amide bonds. The molecular formula is C4H10N4. The van der Waals surface area contributed by atoms with Crippen molar-refractivity contribution < 1.29 is 0 Å². The second-order valence-electron chi connectivity index (χ2n) is 1.24. The van der Waals surface area contributed by atoms with E-state index in [2.05, 4.69) is 22.3 Å². The fraction of sp³-hybridized carbons (Fsp3) is 0.500. The number of nitrogens with zero attached hydrogens (tertiary/aromatic N) is 3. The van der Waals surface area contributed by atoms with Crippen LogP contribution in [0.15, 0.2) is 10.1 Å². The molecule has 0 saturated heterocycles. The Morgan fingerprint density at radius 3 is 2.75 bits per heavy atom. The van der Waals surface area contributed by atoms with Crippen molar-refractivity contribution in [3.8, 4) is 0 Å². The minimum Gasteiger partial charge on any atom is -0.277 e. The van der Waals surface area contributed by atoms with Crippen LogP contribution in [0.5, 0.6) is 0 Å². The topological polar surface area (TPSA) is 40.0 Å². The Morgan fingerprint density at radius 1 is 1.75 bits per heavy atom. The van der Waals surface area contributed by atoms with Crippen molar-refractivity contribution in [2.24, 2.45) is 10.1 Å². The van der Waals surface area contributed by atoms with E-state index in [1.54, 1.807) is 25.4 Å². The average Bonchev–Trinajstić information content (AvgIpc) is 1.68. The number of hydrazone groups is 1. The largest absolute Gasteiger partial charge is 0.277 e. The second kappa shape index (κ2) is 4.11. The smallest absolute Gasteiger partial charge is 0.105 e. The van der Waals surface area contributed by atoms with Gasteiger partial charge in [0.05, 0.1) is 0 Å². The first kappa shape index (κ1) is 6.94. The van der Waals surface area contributed by atoms with Crippen molar-refractivity contribution in [3.05, 3.63) is 0 Å². The van der Waals surface area contributed by atoms with E-state index in [0.29, 0.717) is 0 Å². The molecule has 1 N–H and O–H groups in total. The molecule has 0 aliphatic carbocycles. The third-order valence-electron chi connectivity index (χ3n) is 0.517. The summed E-state index contributed by atoms with van der Waals surface area (Å²) in [7, 11) is 3.46. The highest BCUT2D eigenvalue weighted by Crippen LogP contribution is 1.64. The van der Waals surface area contributed by atoms with Crippen LogP contribution >= 0.6 is 0 Å². The van der Waals surface area contributed by atoms with Crippen LogP contribution in [0.4, 0.5) is 0 Å². The zero-order chi connectivity index (χ0) is 6.41. The minimum atomic E-state index is 1.59. The fourth-order valence-electron chi connectivity index (χ4n) is 0.311. The Morgan fingerprint density at radius 2 is 2.38 bits per heavy atom. The van der Waals surface area contributed by atoms with E-state index < -0.39 is 0 Å². The molecule has 0 atom stereocenters. The van der Waals surface area contributed by atoms with Gasteiger partial charge in [-0.1, -0.05) is 0 Å². The lowest BCUT2D eigenvalue weighted by molar-refractivity contribution is 0.392. The van der Waals surface area contributed by atoms with Crippen LogP contribution in [0, 0.1) is 0 Å². The van der Waals surface area contributed by atoms with Gasteiger partial charge in [-0.25, -0.2) is 5.53 Å². The lowest BCUT2D eigenvalue weighted by Gasteiger charge is -2.08. The van der Waals surface area contributed by atoms with Gasteiger partial charge in [0, 0.05) is 20.8 Å². The van der Waals surface area contributed by atoms with Crippen LogP contribution in [0.1, 0.15) is 0 Å². The lowest BCUT2D eigenvalue weighted by atomic mass is 11.1. The van der Waals surface area contributed by atoms with E-state index in [1.165, 1.54) is 0 Å². The Balaban J connectivity index is 3.31. The van der Waals surface area contributed by atoms with Crippen molar-refractivity contribution in [1.82, 2.24) is 10.5 Å². The summed E-state index contributed by atoms with van der Waals surface area (Å²) < 4.78 is 0. The van der Waals surface area contributed by atoms with Crippen LogP contribution < -0.4 is 5.53 Å². The minimum absolute atomic E-state index is 1.59. The monoisotopic (exact) mass is 114 g/mol. The summed E-state index contributed by atoms with van der Waals surface area (Å²) in [4.78, 5) is 3.70. The zero-order valence-electron chi connectivity index (χ0n) is 5.13. The molecule has 0 aliphatic heterocycles. The lowest BCUT2D eigenvalue weighted by Crippen LogP contribution is -2.27. The van der Waals surface area contributed by atoms with Crippen molar-refractivity contribution in [1.29, 1.82) is 0 Å². The zero-order valence-corrected chi connectivity index (χ0v) is 5.13. The summed E-state index contributed by atoms with van der Waals surface area (Å²) in [6.45, 7) is 3.22. The van der Waals surface area contributed by atoms with Crippen molar-refractivity contribution in [3.63, 3.8) is 0 Å². The van der Waals surface area contributed by atoms with Gasteiger partial charge < -0.3 is 0 Å². The molecule has 0 aromatic heterocycles. The van der Waals surface area contributed by atoms with E-state index in [1.807, 2.05) is 0 Å². The molecule has 0 spiro atoms. The summed E-state index contributed by atoms with van der Waals surface area (Å²) in [5, 5.41) is 4.98. The Labute approximate surface area is 48.9 Å². The highest BCUT2D eigenvalue weighted by Gasteiger charge is 1.78. The van der Waals surface area contributed by atoms with E-state index in [-0.39, 0.29) is 0 Å². The van der Waals surface area contributed by atoms with Crippen molar-refractivity contribution in [2.75, 3.05) is 14.1 Å². The molecule has 0 aromatic carbocycles. The summed E-state index contributed by atoms with van der Waals surface area (Å²) in [5.74, 6) is 0. The molecule has 0 rings (SSSR count). The van der Waals surface area contributed by atoms with Crippen LogP contribution in [0.2, 0.25) is 0 Å². The molecule has 0 aromatic rings. The van der Waals surface area contributed by atoms with Gasteiger partial charge in [-0.3, -0.25) is 10.0 Å². The maximum atomic E-state index is 3.70. The van der Waals surface area contributed by atoms with Gasteiger partial charge in [0.25, 0.3) is 0 Å². The first-order chi connectivity index (χ1) is 3.81. The third kappa shape index (κ3) is 3.14. The molecule has 0 aliphatic rings. The molecule has 46 valence electrons. The first-order valence-corrected chi connectivity index (χ1v) is 2.17. The highest BCUT2D eigenvalue weighted by molar-refractivity contribution is 5.53. The Kier molecular flexibility index (Phi) is 3.56.